The number of aliphatic hydroxyl groups is 1. The molecule has 1 aromatic carbocycles. The molecule has 1 aromatic rings. The Hall–Kier alpha value is -0.390. The van der Waals surface area contributed by atoms with Crippen LogP contribution in [0.2, 0.25) is 0 Å². The van der Waals surface area contributed by atoms with Gasteiger partial charge in [-0.2, -0.15) is 0 Å². The minimum absolute atomic E-state index is 0.125. The Labute approximate surface area is 111 Å². The van der Waals surface area contributed by atoms with E-state index >= 15 is 0 Å². The van der Waals surface area contributed by atoms with E-state index in [1.165, 1.54) is 6.26 Å². The summed E-state index contributed by atoms with van der Waals surface area (Å²) in [5.41, 5.74) is 1.89. The van der Waals surface area contributed by atoms with Crippen molar-refractivity contribution in [2.75, 3.05) is 12.0 Å². The summed E-state index contributed by atoms with van der Waals surface area (Å²) in [4.78, 5) is 0. The molecule has 0 fully saturated rings. The Morgan fingerprint density at radius 1 is 1.41 bits per heavy atom. The summed E-state index contributed by atoms with van der Waals surface area (Å²) in [5, 5.41) is 9.92. The molecule has 0 bridgehead atoms. The van der Waals surface area contributed by atoms with Crippen molar-refractivity contribution in [1.82, 2.24) is 0 Å². The van der Waals surface area contributed by atoms with Gasteiger partial charge >= 0.3 is 0 Å². The number of hydrogen-bond donors (Lipinski definition) is 1. The van der Waals surface area contributed by atoms with E-state index in [9.17, 15) is 13.5 Å². The molecular weight excluding hydrogens is 304 g/mol. The Balaban J connectivity index is 2.58. The third-order valence-corrected chi connectivity index (χ3v) is 4.48. The van der Waals surface area contributed by atoms with Crippen LogP contribution in [-0.2, 0) is 9.84 Å². The molecule has 5 heteroatoms. The molecule has 0 saturated carbocycles. The maximum atomic E-state index is 11.0. The van der Waals surface area contributed by atoms with Crippen LogP contribution in [0.15, 0.2) is 22.7 Å². The van der Waals surface area contributed by atoms with E-state index in [0.29, 0.717) is 12.8 Å². The highest BCUT2D eigenvalue weighted by atomic mass is 79.9. The third kappa shape index (κ3) is 5.19. The number of sulfone groups is 1. The van der Waals surface area contributed by atoms with E-state index in [0.717, 1.165) is 15.6 Å². The van der Waals surface area contributed by atoms with Gasteiger partial charge in [-0.25, -0.2) is 8.42 Å². The van der Waals surface area contributed by atoms with Gasteiger partial charge in [0.1, 0.15) is 9.84 Å². The van der Waals surface area contributed by atoms with Gasteiger partial charge in [0, 0.05) is 16.5 Å². The van der Waals surface area contributed by atoms with Crippen molar-refractivity contribution in [2.24, 2.45) is 0 Å². The Morgan fingerprint density at radius 3 is 2.59 bits per heavy atom. The third-order valence-electron chi connectivity index (χ3n) is 2.56. The molecule has 0 spiro atoms. The van der Waals surface area contributed by atoms with E-state index < -0.39 is 15.9 Å². The summed E-state index contributed by atoms with van der Waals surface area (Å²) in [7, 11) is -2.94. The first-order chi connectivity index (χ1) is 7.79. The first-order valence-electron chi connectivity index (χ1n) is 5.41. The summed E-state index contributed by atoms with van der Waals surface area (Å²) < 4.78 is 22.9. The maximum Gasteiger partial charge on any atom is 0.147 e. The number of hydrogen-bond acceptors (Lipinski definition) is 3. The lowest BCUT2D eigenvalue weighted by molar-refractivity contribution is 0.166. The van der Waals surface area contributed by atoms with Gasteiger partial charge in [0.15, 0.2) is 0 Å². The molecule has 0 heterocycles. The number of rotatable bonds is 5. The zero-order chi connectivity index (χ0) is 13.1. The van der Waals surface area contributed by atoms with Crippen LogP contribution in [0.3, 0.4) is 0 Å². The van der Waals surface area contributed by atoms with E-state index in [-0.39, 0.29) is 5.75 Å². The molecule has 1 N–H and O–H groups in total. The molecule has 0 aliphatic carbocycles. The highest BCUT2D eigenvalue weighted by Gasteiger charge is 2.10. The fraction of sp³-hybridized carbons (Fsp3) is 0.500. The molecule has 0 aliphatic heterocycles. The van der Waals surface area contributed by atoms with Crippen LogP contribution >= 0.6 is 15.9 Å². The molecule has 0 aliphatic rings. The van der Waals surface area contributed by atoms with E-state index in [2.05, 4.69) is 15.9 Å². The van der Waals surface area contributed by atoms with Crippen molar-refractivity contribution in [2.45, 2.75) is 25.9 Å². The second-order valence-corrected chi connectivity index (χ2v) is 7.41. The molecule has 0 amide bonds. The quantitative estimate of drug-likeness (QED) is 0.907. The molecular formula is C12H17BrO3S. The van der Waals surface area contributed by atoms with Crippen LogP contribution in [0.25, 0.3) is 0 Å². The van der Waals surface area contributed by atoms with E-state index in [1.54, 1.807) is 0 Å². The van der Waals surface area contributed by atoms with E-state index in [1.807, 2.05) is 25.1 Å². The van der Waals surface area contributed by atoms with Gasteiger partial charge < -0.3 is 5.11 Å². The predicted octanol–water partition coefficient (Wildman–Crippen LogP) is 2.62. The number of halogens is 1. The van der Waals surface area contributed by atoms with Crippen molar-refractivity contribution in [1.29, 1.82) is 0 Å². The first kappa shape index (κ1) is 14.7. The number of aliphatic hydroxyl groups excluding tert-OH is 1. The smallest absolute Gasteiger partial charge is 0.147 e. The van der Waals surface area contributed by atoms with Gasteiger partial charge in [0.2, 0.25) is 0 Å². The minimum Gasteiger partial charge on any atom is -0.388 e. The minimum atomic E-state index is -2.94. The summed E-state index contributed by atoms with van der Waals surface area (Å²) in [6.45, 7) is 1.96. The zero-order valence-electron chi connectivity index (χ0n) is 9.98. The summed E-state index contributed by atoms with van der Waals surface area (Å²) in [6, 6.07) is 5.65. The monoisotopic (exact) mass is 320 g/mol. The first-order valence-corrected chi connectivity index (χ1v) is 8.27. The molecule has 3 nitrogen and oxygen atoms in total. The predicted molar refractivity (Wildman–Crippen MR) is 72.8 cm³/mol. The molecule has 96 valence electrons. The molecule has 1 atom stereocenters. The lowest BCUT2D eigenvalue weighted by Gasteiger charge is -2.12. The molecule has 1 rings (SSSR count). The lowest BCUT2D eigenvalue weighted by Crippen LogP contribution is -2.06. The van der Waals surface area contributed by atoms with Crippen LogP contribution in [0.1, 0.15) is 30.1 Å². The average molecular weight is 321 g/mol. The number of aryl methyl sites for hydroxylation is 1. The molecule has 1 unspecified atom stereocenters. The van der Waals surface area contributed by atoms with Crippen molar-refractivity contribution in [3.05, 3.63) is 33.8 Å². The maximum absolute atomic E-state index is 11.0. The van der Waals surface area contributed by atoms with Crippen LogP contribution in [0.5, 0.6) is 0 Å². The van der Waals surface area contributed by atoms with Crippen molar-refractivity contribution in [3.63, 3.8) is 0 Å². The molecule has 0 saturated heterocycles. The Morgan fingerprint density at radius 2 is 2.06 bits per heavy atom. The van der Waals surface area contributed by atoms with Gasteiger partial charge in [0.05, 0.1) is 6.10 Å². The van der Waals surface area contributed by atoms with Crippen LogP contribution in [0, 0.1) is 6.92 Å². The van der Waals surface area contributed by atoms with E-state index in [4.69, 9.17) is 0 Å². The van der Waals surface area contributed by atoms with Crippen LogP contribution < -0.4 is 0 Å². The fourth-order valence-electron chi connectivity index (χ4n) is 1.58. The fourth-order valence-corrected chi connectivity index (χ4v) is 2.52. The largest absolute Gasteiger partial charge is 0.388 e. The van der Waals surface area contributed by atoms with Gasteiger partial charge in [-0.05, 0) is 37.0 Å². The molecule has 0 radical (unpaired) electrons. The van der Waals surface area contributed by atoms with Gasteiger partial charge in [0.25, 0.3) is 0 Å². The van der Waals surface area contributed by atoms with Crippen molar-refractivity contribution in [3.8, 4) is 0 Å². The molecule has 17 heavy (non-hydrogen) atoms. The number of benzene rings is 1. The lowest BCUT2D eigenvalue weighted by atomic mass is 10.0. The second-order valence-electron chi connectivity index (χ2n) is 4.30. The second kappa shape index (κ2) is 5.98. The van der Waals surface area contributed by atoms with Crippen molar-refractivity contribution >= 4 is 25.8 Å². The summed E-state index contributed by atoms with van der Waals surface area (Å²) in [5.74, 6) is 0.125. The van der Waals surface area contributed by atoms with Gasteiger partial charge in [-0.1, -0.05) is 28.1 Å². The standard InChI is InChI=1S/C12H17BrO3S/c1-9-8-10(5-6-11(9)13)12(14)4-3-7-17(2,15)16/h5-6,8,12,14H,3-4,7H2,1-2H3. The Bertz CT molecular complexity index is 483. The normalized spacial score (nSPS) is 13.6. The summed E-state index contributed by atoms with van der Waals surface area (Å²) in [6.07, 6.45) is 1.57. The highest BCUT2D eigenvalue weighted by Crippen LogP contribution is 2.23. The van der Waals surface area contributed by atoms with Crippen molar-refractivity contribution < 1.29 is 13.5 Å². The van der Waals surface area contributed by atoms with Gasteiger partial charge in [-0.15, -0.1) is 0 Å². The highest BCUT2D eigenvalue weighted by molar-refractivity contribution is 9.10. The Kier molecular flexibility index (Phi) is 5.16. The average Bonchev–Trinajstić information content (AvgIpc) is 2.20. The summed E-state index contributed by atoms with van der Waals surface area (Å²) >= 11 is 3.40. The SMILES string of the molecule is Cc1cc(C(O)CCCS(C)(=O)=O)ccc1Br. The zero-order valence-corrected chi connectivity index (χ0v) is 12.4. The van der Waals surface area contributed by atoms with Crippen LogP contribution in [-0.4, -0.2) is 25.5 Å². The van der Waals surface area contributed by atoms with Crippen LogP contribution in [0.4, 0.5) is 0 Å². The molecule has 0 aromatic heterocycles. The topological polar surface area (TPSA) is 54.4 Å². The van der Waals surface area contributed by atoms with Gasteiger partial charge in [-0.3, -0.25) is 0 Å².